The molecule has 162 valence electrons. The number of hydrogen-bond acceptors (Lipinski definition) is 4. The van der Waals surface area contributed by atoms with E-state index < -0.39 is 33.9 Å². The zero-order chi connectivity index (χ0) is 21.8. The second-order valence-corrected chi connectivity index (χ2v) is 9.69. The molecule has 0 aliphatic carbocycles. The van der Waals surface area contributed by atoms with E-state index in [1.165, 1.54) is 12.1 Å². The van der Waals surface area contributed by atoms with E-state index in [1.54, 1.807) is 13.8 Å². The Kier molecular flexibility index (Phi) is 6.29. The Balaban J connectivity index is 2.09. The third kappa shape index (κ3) is 4.72. The van der Waals surface area contributed by atoms with Gasteiger partial charge in [-0.3, -0.25) is 0 Å². The van der Waals surface area contributed by atoms with E-state index in [0.29, 0.717) is 0 Å². The van der Waals surface area contributed by atoms with E-state index in [2.05, 4.69) is 4.99 Å². The summed E-state index contributed by atoms with van der Waals surface area (Å²) < 4.78 is 55.7. The van der Waals surface area contributed by atoms with Gasteiger partial charge < -0.3 is 19.1 Å². The molecule has 1 saturated heterocycles. The number of halogens is 8. The van der Waals surface area contributed by atoms with Crippen molar-refractivity contribution < 1.29 is 27.4 Å². The third-order valence-electron chi connectivity index (χ3n) is 4.07. The molecule has 0 amide bonds. The SMILES string of the molecule is CC1CN(C(=NC2(C(Cl)(Cl)Cl)Oc3cc(Cl)c(Cl)cc3O2)C(F)(F)F)CC(C)O1. The number of rotatable bonds is 1. The lowest BCUT2D eigenvalue weighted by Crippen LogP contribution is -2.56. The molecule has 2 unspecified atom stereocenters. The first-order valence-corrected chi connectivity index (χ1v) is 10.1. The van der Waals surface area contributed by atoms with Gasteiger partial charge in [-0.25, -0.2) is 0 Å². The van der Waals surface area contributed by atoms with Crippen LogP contribution >= 0.6 is 58.0 Å². The van der Waals surface area contributed by atoms with Crippen LogP contribution in [0.2, 0.25) is 10.0 Å². The quantitative estimate of drug-likeness (QED) is 0.267. The number of morpholine rings is 1. The molecule has 3 rings (SSSR count). The first-order chi connectivity index (χ1) is 13.2. The van der Waals surface area contributed by atoms with Crippen molar-refractivity contribution in [3.05, 3.63) is 22.2 Å². The largest absolute Gasteiger partial charge is 0.449 e. The van der Waals surface area contributed by atoms with Crippen LogP contribution in [0.5, 0.6) is 11.5 Å². The van der Waals surface area contributed by atoms with Crippen molar-refractivity contribution in [3.63, 3.8) is 0 Å². The molecule has 29 heavy (non-hydrogen) atoms. The lowest BCUT2D eigenvalue weighted by molar-refractivity contribution is -0.102. The average Bonchev–Trinajstić information content (AvgIpc) is 2.89. The Morgan fingerprint density at radius 1 is 1.03 bits per heavy atom. The Bertz CT molecular complexity index is 790. The highest BCUT2D eigenvalue weighted by Crippen LogP contribution is 2.52. The van der Waals surface area contributed by atoms with Gasteiger partial charge in [-0.15, -0.1) is 0 Å². The summed E-state index contributed by atoms with van der Waals surface area (Å²) in [4.78, 5) is 4.64. The van der Waals surface area contributed by atoms with Gasteiger partial charge in [-0.2, -0.15) is 18.2 Å². The van der Waals surface area contributed by atoms with Gasteiger partial charge >= 0.3 is 12.1 Å². The van der Waals surface area contributed by atoms with Gasteiger partial charge in [0.2, 0.25) is 5.84 Å². The first-order valence-electron chi connectivity index (χ1n) is 8.23. The van der Waals surface area contributed by atoms with E-state index >= 15 is 0 Å². The van der Waals surface area contributed by atoms with E-state index in [1.807, 2.05) is 0 Å². The molecule has 2 atom stereocenters. The molecule has 0 aromatic heterocycles. The van der Waals surface area contributed by atoms with Crippen LogP contribution in [0.15, 0.2) is 17.1 Å². The van der Waals surface area contributed by atoms with E-state index in [-0.39, 0.29) is 34.6 Å². The Hall–Kier alpha value is -0.510. The van der Waals surface area contributed by atoms with Crippen molar-refractivity contribution in [2.45, 2.75) is 41.9 Å². The van der Waals surface area contributed by atoms with Gasteiger partial charge in [-0.1, -0.05) is 58.0 Å². The second kappa shape index (κ2) is 7.88. The molecule has 0 N–H and O–H groups in total. The summed E-state index contributed by atoms with van der Waals surface area (Å²) in [5.74, 6) is -4.11. The minimum Gasteiger partial charge on any atom is -0.427 e. The lowest BCUT2D eigenvalue weighted by Gasteiger charge is -2.39. The van der Waals surface area contributed by atoms with Crippen molar-refractivity contribution >= 4 is 63.8 Å². The van der Waals surface area contributed by atoms with Crippen molar-refractivity contribution in [1.82, 2.24) is 4.90 Å². The summed E-state index contributed by atoms with van der Waals surface area (Å²) in [5, 5.41) is 0.148. The highest BCUT2D eigenvalue weighted by atomic mass is 35.6. The fourth-order valence-corrected chi connectivity index (χ4v) is 3.68. The molecule has 1 aromatic rings. The predicted molar refractivity (Wildman–Crippen MR) is 106 cm³/mol. The average molecular weight is 517 g/mol. The summed E-state index contributed by atoms with van der Waals surface area (Å²) in [6, 6.07) is 2.47. The van der Waals surface area contributed by atoms with Crippen LogP contribution in [-0.4, -0.2) is 51.9 Å². The summed E-state index contributed by atoms with van der Waals surface area (Å²) in [6.07, 6.45) is -5.85. The van der Waals surface area contributed by atoms with Crippen molar-refractivity contribution in [2.75, 3.05) is 13.1 Å². The smallest absolute Gasteiger partial charge is 0.427 e. The molecular formula is C16H14Cl5F3N2O3. The Labute approximate surface area is 189 Å². The van der Waals surface area contributed by atoms with Crippen LogP contribution in [0, 0.1) is 0 Å². The van der Waals surface area contributed by atoms with E-state index in [9.17, 15) is 13.2 Å². The van der Waals surface area contributed by atoms with Crippen molar-refractivity contribution in [1.29, 1.82) is 0 Å². The number of hydrogen-bond donors (Lipinski definition) is 0. The maximum Gasteiger partial charge on any atom is 0.449 e. The monoisotopic (exact) mass is 514 g/mol. The Morgan fingerprint density at radius 2 is 1.48 bits per heavy atom. The van der Waals surface area contributed by atoms with Gasteiger partial charge in [0.25, 0.3) is 3.79 Å². The summed E-state index contributed by atoms with van der Waals surface area (Å²) in [7, 11) is 0. The summed E-state index contributed by atoms with van der Waals surface area (Å²) in [6.45, 7) is 3.13. The van der Waals surface area contributed by atoms with E-state index in [4.69, 9.17) is 72.2 Å². The standard InChI is InChI=1S/C16H14Cl5F3N2O3/c1-7-5-26(6-8(2)27-7)13(14(22,23)24)25-16(15(19,20)21)28-11-3-9(17)10(18)4-12(11)29-16/h3-4,7-8H,5-6H2,1-2H3. The molecule has 0 saturated carbocycles. The topological polar surface area (TPSA) is 43.3 Å². The van der Waals surface area contributed by atoms with Gasteiger partial charge in [-0.05, 0) is 13.8 Å². The lowest BCUT2D eigenvalue weighted by atomic mass is 10.2. The summed E-state index contributed by atoms with van der Waals surface area (Å²) >= 11 is 29.7. The fraction of sp³-hybridized carbons (Fsp3) is 0.562. The number of nitrogens with zero attached hydrogens (tertiary/aromatic N) is 2. The molecule has 0 spiro atoms. The molecule has 1 aromatic carbocycles. The molecule has 0 radical (unpaired) electrons. The van der Waals surface area contributed by atoms with Crippen LogP contribution < -0.4 is 9.47 Å². The minimum atomic E-state index is -4.89. The molecule has 2 aliphatic rings. The molecule has 5 nitrogen and oxygen atoms in total. The highest BCUT2D eigenvalue weighted by molar-refractivity contribution is 6.68. The maximum atomic E-state index is 13.9. The van der Waals surface area contributed by atoms with E-state index in [0.717, 1.165) is 4.90 Å². The van der Waals surface area contributed by atoms with Gasteiger partial charge in [0, 0.05) is 25.2 Å². The normalized spacial score (nSPS) is 24.8. The third-order valence-corrected chi connectivity index (χ3v) is 5.51. The van der Waals surface area contributed by atoms with Crippen LogP contribution in [0.4, 0.5) is 13.2 Å². The molecule has 13 heteroatoms. The molecular weight excluding hydrogens is 502 g/mol. The number of ether oxygens (including phenoxy) is 3. The Morgan fingerprint density at radius 3 is 1.86 bits per heavy atom. The number of fused-ring (bicyclic) bond motifs is 1. The number of aliphatic imine (C=N–C) groups is 1. The summed E-state index contributed by atoms with van der Waals surface area (Å²) in [5.41, 5.74) is 0. The van der Waals surface area contributed by atoms with Gasteiger partial charge in [0.05, 0.1) is 22.3 Å². The van der Waals surface area contributed by atoms with Crippen molar-refractivity contribution in [2.24, 2.45) is 4.99 Å². The minimum absolute atomic E-state index is 0.0697. The first kappa shape index (κ1) is 23.2. The van der Waals surface area contributed by atoms with Crippen LogP contribution in [0.3, 0.4) is 0 Å². The van der Waals surface area contributed by atoms with Gasteiger partial charge in [0.1, 0.15) is 0 Å². The van der Waals surface area contributed by atoms with Gasteiger partial charge in [0.15, 0.2) is 11.5 Å². The maximum absolute atomic E-state index is 13.9. The van der Waals surface area contributed by atoms with Crippen molar-refractivity contribution in [3.8, 4) is 11.5 Å². The fourth-order valence-electron chi connectivity index (χ4n) is 3.02. The molecule has 2 heterocycles. The number of alkyl halides is 6. The number of benzene rings is 1. The van der Waals surface area contributed by atoms with Crippen LogP contribution in [-0.2, 0) is 4.74 Å². The van der Waals surface area contributed by atoms with Crippen LogP contribution in [0.25, 0.3) is 0 Å². The zero-order valence-electron chi connectivity index (χ0n) is 14.9. The molecule has 1 fully saturated rings. The van der Waals surface area contributed by atoms with Crippen LogP contribution in [0.1, 0.15) is 13.8 Å². The molecule has 2 aliphatic heterocycles. The molecule has 0 bridgehead atoms. The second-order valence-electron chi connectivity index (χ2n) is 6.59. The zero-order valence-corrected chi connectivity index (χ0v) is 18.6. The highest BCUT2D eigenvalue weighted by Gasteiger charge is 2.61. The number of amidine groups is 1. The predicted octanol–water partition coefficient (Wildman–Crippen LogP) is 5.86.